The van der Waals surface area contributed by atoms with Crippen LogP contribution >= 0.6 is 0 Å². The number of aryl methyl sites for hydroxylation is 1. The number of esters is 1. The zero-order chi connectivity index (χ0) is 15.2. The second-order valence-corrected chi connectivity index (χ2v) is 5.33. The predicted octanol–water partition coefficient (Wildman–Crippen LogP) is 2.09. The van der Waals surface area contributed by atoms with Crippen LogP contribution in [-0.2, 0) is 16.0 Å². The van der Waals surface area contributed by atoms with E-state index >= 15 is 0 Å². The molecule has 21 heavy (non-hydrogen) atoms. The fourth-order valence-corrected chi connectivity index (χ4v) is 2.86. The third kappa shape index (κ3) is 3.62. The van der Waals surface area contributed by atoms with Gasteiger partial charge in [-0.3, -0.25) is 9.59 Å². The summed E-state index contributed by atoms with van der Waals surface area (Å²) in [6.07, 6.45) is 6.46. The molecule has 1 amide bonds. The molecule has 0 spiro atoms. The van der Waals surface area contributed by atoms with Crippen molar-refractivity contribution in [2.45, 2.75) is 51.5 Å². The number of carbonyl (C=O) groups is 2. The number of hydrogen-bond donors (Lipinski definition) is 1. The van der Waals surface area contributed by atoms with Crippen molar-refractivity contribution in [1.29, 1.82) is 0 Å². The molecule has 1 heterocycles. The maximum absolute atomic E-state index is 12.3. The predicted molar refractivity (Wildman–Crippen MR) is 75.7 cm³/mol. The third-order valence-electron chi connectivity index (χ3n) is 4.01. The van der Waals surface area contributed by atoms with Crippen LogP contribution < -0.4 is 5.32 Å². The van der Waals surface area contributed by atoms with E-state index in [4.69, 9.17) is 9.15 Å². The summed E-state index contributed by atoms with van der Waals surface area (Å²) in [4.78, 5) is 28.2. The Morgan fingerprint density at radius 1 is 1.38 bits per heavy atom. The van der Waals surface area contributed by atoms with Gasteiger partial charge in [0.1, 0.15) is 5.76 Å². The van der Waals surface area contributed by atoms with Gasteiger partial charge in [0.15, 0.2) is 12.1 Å². The molecule has 1 saturated carbocycles. The zero-order valence-electron chi connectivity index (χ0n) is 12.6. The lowest BCUT2D eigenvalue weighted by Crippen LogP contribution is -2.43. The monoisotopic (exact) mass is 294 g/mol. The van der Waals surface area contributed by atoms with Gasteiger partial charge in [-0.15, -0.1) is 0 Å². The Balaban J connectivity index is 2.10. The Morgan fingerprint density at radius 2 is 2.14 bits per heavy atom. The molecule has 1 N–H and O–H groups in total. The van der Waals surface area contributed by atoms with Gasteiger partial charge in [0, 0.05) is 12.5 Å². The molecule has 1 fully saturated rings. The fourth-order valence-electron chi connectivity index (χ4n) is 2.86. The summed E-state index contributed by atoms with van der Waals surface area (Å²) < 4.78 is 10.0. The number of nitrogens with one attached hydrogen (secondary N) is 1. The Labute approximate surface area is 124 Å². The minimum absolute atomic E-state index is 0.200. The van der Waals surface area contributed by atoms with E-state index in [2.05, 4.69) is 10.3 Å². The number of oxazole rings is 1. The molecule has 0 aromatic carbocycles. The highest BCUT2D eigenvalue weighted by molar-refractivity contribution is 5.93. The fraction of sp³-hybridized carbons (Fsp3) is 0.667. The average Bonchev–Trinajstić information content (AvgIpc) is 2.86. The van der Waals surface area contributed by atoms with Crippen molar-refractivity contribution in [2.24, 2.45) is 5.92 Å². The molecule has 6 heteroatoms. The molecule has 2 rings (SSSR count). The van der Waals surface area contributed by atoms with E-state index in [1.165, 1.54) is 13.5 Å². The van der Waals surface area contributed by atoms with Gasteiger partial charge in [-0.1, -0.05) is 26.2 Å². The number of rotatable bonds is 4. The van der Waals surface area contributed by atoms with E-state index in [-0.39, 0.29) is 23.8 Å². The molecule has 6 nitrogen and oxygen atoms in total. The molecule has 116 valence electrons. The van der Waals surface area contributed by atoms with Gasteiger partial charge < -0.3 is 14.5 Å². The molecule has 0 saturated heterocycles. The first-order valence-corrected chi connectivity index (χ1v) is 7.48. The lowest BCUT2D eigenvalue weighted by molar-refractivity contribution is -0.146. The van der Waals surface area contributed by atoms with Crippen molar-refractivity contribution in [2.75, 3.05) is 7.11 Å². The van der Waals surface area contributed by atoms with Gasteiger partial charge in [-0.25, -0.2) is 4.98 Å². The maximum Gasteiger partial charge on any atom is 0.310 e. The zero-order valence-corrected chi connectivity index (χ0v) is 12.6. The van der Waals surface area contributed by atoms with Crippen LogP contribution in [0.2, 0.25) is 0 Å². The van der Waals surface area contributed by atoms with Crippen molar-refractivity contribution >= 4 is 11.9 Å². The van der Waals surface area contributed by atoms with Crippen LogP contribution in [0, 0.1) is 5.92 Å². The minimum atomic E-state index is -0.279. The number of amides is 1. The number of nitrogens with zero attached hydrogens (tertiary/aromatic N) is 1. The van der Waals surface area contributed by atoms with E-state index < -0.39 is 0 Å². The first kappa shape index (κ1) is 15.5. The largest absolute Gasteiger partial charge is 0.469 e. The lowest BCUT2D eigenvalue weighted by Gasteiger charge is -2.23. The van der Waals surface area contributed by atoms with Crippen molar-refractivity contribution in [1.82, 2.24) is 10.3 Å². The highest BCUT2D eigenvalue weighted by Gasteiger charge is 2.32. The van der Waals surface area contributed by atoms with E-state index in [9.17, 15) is 9.59 Å². The van der Waals surface area contributed by atoms with Crippen LogP contribution in [-0.4, -0.2) is 30.0 Å². The van der Waals surface area contributed by atoms with Gasteiger partial charge in [-0.2, -0.15) is 0 Å². The molecule has 0 bridgehead atoms. The number of carbonyl (C=O) groups excluding carboxylic acids is 2. The summed E-state index contributed by atoms with van der Waals surface area (Å²) in [7, 11) is 1.39. The Kier molecular flexibility index (Phi) is 5.36. The highest BCUT2D eigenvalue weighted by Crippen LogP contribution is 2.25. The first-order chi connectivity index (χ1) is 10.2. The van der Waals surface area contributed by atoms with Gasteiger partial charge in [0.25, 0.3) is 5.91 Å². The molecule has 1 aliphatic carbocycles. The van der Waals surface area contributed by atoms with E-state index in [0.29, 0.717) is 17.9 Å². The van der Waals surface area contributed by atoms with Crippen LogP contribution in [0.25, 0.3) is 0 Å². The molecule has 0 radical (unpaired) electrons. The standard InChI is InChI=1S/C15H22N2O4/c1-3-12-13(16-9-21-12)14(18)17-11-8-6-4-5-7-10(11)15(19)20-2/h9-11H,3-8H2,1-2H3,(H,17,18)/t10-,11-/m1/s1. The highest BCUT2D eigenvalue weighted by atomic mass is 16.5. The third-order valence-corrected chi connectivity index (χ3v) is 4.01. The van der Waals surface area contributed by atoms with Gasteiger partial charge >= 0.3 is 5.97 Å². The summed E-state index contributed by atoms with van der Waals surface area (Å²) >= 11 is 0. The Morgan fingerprint density at radius 3 is 2.86 bits per heavy atom. The normalized spacial score (nSPS) is 22.4. The summed E-state index contributed by atoms with van der Waals surface area (Å²) in [6.45, 7) is 1.90. The smallest absolute Gasteiger partial charge is 0.310 e. The quantitative estimate of drug-likeness (QED) is 0.679. The molecule has 0 aliphatic heterocycles. The minimum Gasteiger partial charge on any atom is -0.469 e. The maximum atomic E-state index is 12.3. The molecule has 2 atom stereocenters. The molecule has 1 aromatic heterocycles. The topological polar surface area (TPSA) is 81.4 Å². The lowest BCUT2D eigenvalue weighted by atomic mass is 9.94. The van der Waals surface area contributed by atoms with E-state index in [1.54, 1.807) is 0 Å². The number of methoxy groups -OCH3 is 1. The molecule has 1 aromatic rings. The number of ether oxygens (including phenoxy) is 1. The van der Waals surface area contributed by atoms with Gasteiger partial charge in [0.05, 0.1) is 13.0 Å². The summed E-state index contributed by atoms with van der Waals surface area (Å²) in [5, 5.41) is 2.94. The molecular weight excluding hydrogens is 272 g/mol. The van der Waals surface area contributed by atoms with Crippen molar-refractivity contribution in [3.63, 3.8) is 0 Å². The first-order valence-electron chi connectivity index (χ1n) is 7.48. The molecule has 1 aliphatic rings. The van der Waals surface area contributed by atoms with Crippen molar-refractivity contribution in [3.8, 4) is 0 Å². The van der Waals surface area contributed by atoms with Crippen LogP contribution in [0.1, 0.15) is 55.3 Å². The van der Waals surface area contributed by atoms with Gasteiger partial charge in [0.2, 0.25) is 0 Å². The van der Waals surface area contributed by atoms with Crippen molar-refractivity contribution < 1.29 is 18.7 Å². The van der Waals surface area contributed by atoms with Crippen LogP contribution in [0.3, 0.4) is 0 Å². The number of aromatic nitrogens is 1. The summed E-state index contributed by atoms with van der Waals surface area (Å²) in [6, 6.07) is -0.200. The number of hydrogen-bond acceptors (Lipinski definition) is 5. The van der Waals surface area contributed by atoms with E-state index in [1.807, 2.05) is 6.92 Å². The molecular formula is C15H22N2O4. The van der Waals surface area contributed by atoms with Gasteiger partial charge in [-0.05, 0) is 12.8 Å². The second-order valence-electron chi connectivity index (χ2n) is 5.33. The Bertz CT molecular complexity index is 498. The Hall–Kier alpha value is -1.85. The van der Waals surface area contributed by atoms with E-state index in [0.717, 1.165) is 32.1 Å². The van der Waals surface area contributed by atoms with Crippen molar-refractivity contribution in [3.05, 3.63) is 17.8 Å². The van der Waals surface area contributed by atoms with Crippen LogP contribution in [0.4, 0.5) is 0 Å². The summed E-state index contributed by atoms with van der Waals surface area (Å²) in [5.74, 6) is -0.242. The SMILES string of the molecule is CCc1ocnc1C(=O)N[C@@H]1CCCCC[C@H]1C(=O)OC. The second kappa shape index (κ2) is 7.24. The average molecular weight is 294 g/mol. The molecule has 0 unspecified atom stereocenters. The van der Waals surface area contributed by atoms with Crippen LogP contribution in [0.5, 0.6) is 0 Å². The van der Waals surface area contributed by atoms with Crippen LogP contribution in [0.15, 0.2) is 10.8 Å². The summed E-state index contributed by atoms with van der Waals surface area (Å²) in [5.41, 5.74) is 0.311.